The summed E-state index contributed by atoms with van der Waals surface area (Å²) in [6.45, 7) is 7.63. The summed E-state index contributed by atoms with van der Waals surface area (Å²) in [5.74, 6) is 0.145. The molecule has 7 nitrogen and oxygen atoms in total. The van der Waals surface area contributed by atoms with E-state index in [9.17, 15) is 9.59 Å². The summed E-state index contributed by atoms with van der Waals surface area (Å²) in [6, 6.07) is 12.4. The Morgan fingerprint density at radius 3 is 2.54 bits per heavy atom. The van der Waals surface area contributed by atoms with E-state index in [1.54, 1.807) is 42.7 Å². The maximum Gasteiger partial charge on any atom is 0.338 e. The maximum absolute atomic E-state index is 13.9. The van der Waals surface area contributed by atoms with Crippen molar-refractivity contribution in [3.63, 3.8) is 0 Å². The van der Waals surface area contributed by atoms with Crippen LogP contribution < -0.4 is 24.5 Å². The molecule has 3 aromatic rings. The number of benzene rings is 2. The van der Waals surface area contributed by atoms with Crippen LogP contribution in [-0.4, -0.2) is 37.3 Å². The van der Waals surface area contributed by atoms with Crippen molar-refractivity contribution in [1.82, 2.24) is 4.57 Å². The van der Waals surface area contributed by atoms with E-state index in [-0.39, 0.29) is 18.3 Å². The molecule has 1 aliphatic rings. The van der Waals surface area contributed by atoms with E-state index >= 15 is 0 Å². The number of rotatable bonds is 7. The summed E-state index contributed by atoms with van der Waals surface area (Å²) >= 11 is 7.53. The number of esters is 1. The van der Waals surface area contributed by atoms with E-state index in [0.717, 1.165) is 11.3 Å². The van der Waals surface area contributed by atoms with Gasteiger partial charge in [-0.2, -0.15) is 0 Å². The highest BCUT2D eigenvalue weighted by Gasteiger charge is 2.33. The van der Waals surface area contributed by atoms with Gasteiger partial charge in [0.25, 0.3) is 5.56 Å². The third kappa shape index (κ3) is 5.50. The second-order valence-corrected chi connectivity index (χ2v) is 10.6. The number of anilines is 1. The topological polar surface area (TPSA) is 73.1 Å². The van der Waals surface area contributed by atoms with Gasteiger partial charge in [-0.05, 0) is 69.7 Å². The fourth-order valence-corrected chi connectivity index (χ4v) is 5.41. The first-order valence-electron chi connectivity index (χ1n) is 12.0. The predicted molar refractivity (Wildman–Crippen MR) is 148 cm³/mol. The minimum Gasteiger partial charge on any atom is -0.490 e. The molecule has 194 valence electrons. The van der Waals surface area contributed by atoms with E-state index in [2.05, 4.69) is 4.99 Å². The molecule has 0 saturated heterocycles. The Morgan fingerprint density at radius 1 is 1.22 bits per heavy atom. The molecule has 0 bridgehead atoms. The van der Waals surface area contributed by atoms with E-state index in [1.165, 1.54) is 11.3 Å². The molecule has 0 radical (unpaired) electrons. The molecule has 1 atom stereocenters. The summed E-state index contributed by atoms with van der Waals surface area (Å²) in [5, 5.41) is 0.537. The Kier molecular flexibility index (Phi) is 7.90. The number of ether oxygens (including phenoxy) is 2. The van der Waals surface area contributed by atoms with E-state index in [1.807, 2.05) is 57.1 Å². The van der Waals surface area contributed by atoms with Crippen LogP contribution >= 0.6 is 22.9 Å². The zero-order chi connectivity index (χ0) is 26.9. The Bertz CT molecular complexity index is 1530. The second-order valence-electron chi connectivity index (χ2n) is 9.14. The normalized spacial score (nSPS) is 15.5. The monoisotopic (exact) mass is 539 g/mol. The van der Waals surface area contributed by atoms with Crippen LogP contribution in [0.2, 0.25) is 5.02 Å². The third-order valence-electron chi connectivity index (χ3n) is 5.86. The molecule has 0 aliphatic carbocycles. The van der Waals surface area contributed by atoms with Crippen LogP contribution in [-0.2, 0) is 9.53 Å². The van der Waals surface area contributed by atoms with Gasteiger partial charge in [-0.3, -0.25) is 9.36 Å². The van der Waals surface area contributed by atoms with Crippen molar-refractivity contribution in [2.24, 2.45) is 4.99 Å². The standard InChI is InChI=1S/C28H30ClN3O4S/c1-7-35-27(34)24-17(4)30-28-32(25(24)18-8-11-21(12-9-18)31(5)6)26(33)23(37-28)15-19-14-20(29)10-13-22(19)36-16(2)3/h8-16,25H,7H2,1-6H3/b23-15+/t25-/m1/s1. The molecule has 2 heterocycles. The van der Waals surface area contributed by atoms with Crippen LogP contribution in [0.5, 0.6) is 5.75 Å². The summed E-state index contributed by atoms with van der Waals surface area (Å²) in [4.78, 5) is 34.1. The predicted octanol–water partition coefficient (Wildman–Crippen LogP) is 4.30. The Balaban J connectivity index is 1.94. The third-order valence-corrected chi connectivity index (χ3v) is 7.08. The van der Waals surface area contributed by atoms with Gasteiger partial charge in [-0.25, -0.2) is 9.79 Å². The summed E-state index contributed by atoms with van der Waals surface area (Å²) in [6.07, 6.45) is 1.72. The van der Waals surface area contributed by atoms with Crippen LogP contribution in [0.1, 0.15) is 44.9 Å². The quantitative estimate of drug-likeness (QED) is 0.418. The lowest BCUT2D eigenvalue weighted by Crippen LogP contribution is -2.40. The number of thiazole rings is 1. The zero-order valence-corrected chi connectivity index (χ0v) is 23.3. The second kappa shape index (κ2) is 10.9. The van der Waals surface area contributed by atoms with Crippen molar-refractivity contribution in [2.45, 2.75) is 39.8 Å². The SMILES string of the molecule is CCOC(=O)C1=C(C)N=c2s/c(=C/c3cc(Cl)ccc3OC(C)C)c(=O)n2[C@@H]1c1ccc(N(C)C)cc1. The molecule has 9 heteroatoms. The lowest BCUT2D eigenvalue weighted by Gasteiger charge is -2.25. The fraction of sp³-hybridized carbons (Fsp3) is 0.321. The smallest absolute Gasteiger partial charge is 0.338 e. The molecule has 1 aliphatic heterocycles. The first kappa shape index (κ1) is 26.7. The molecule has 0 saturated carbocycles. The highest BCUT2D eigenvalue weighted by Crippen LogP contribution is 2.32. The van der Waals surface area contributed by atoms with Gasteiger partial charge in [-0.1, -0.05) is 35.1 Å². The number of hydrogen-bond acceptors (Lipinski definition) is 7. The first-order chi connectivity index (χ1) is 17.6. The molecule has 0 fully saturated rings. The van der Waals surface area contributed by atoms with Gasteiger partial charge in [0, 0.05) is 30.4 Å². The van der Waals surface area contributed by atoms with Crippen molar-refractivity contribution in [1.29, 1.82) is 0 Å². The zero-order valence-electron chi connectivity index (χ0n) is 21.7. The van der Waals surface area contributed by atoms with Crippen molar-refractivity contribution < 1.29 is 14.3 Å². The Hall–Kier alpha value is -3.36. The van der Waals surface area contributed by atoms with Gasteiger partial charge in [0.2, 0.25) is 0 Å². The van der Waals surface area contributed by atoms with Crippen LogP contribution in [0.15, 0.2) is 63.5 Å². The number of aromatic nitrogens is 1. The minimum atomic E-state index is -0.667. The van der Waals surface area contributed by atoms with Gasteiger partial charge in [0.05, 0.1) is 34.6 Å². The van der Waals surface area contributed by atoms with Crippen LogP contribution in [0.25, 0.3) is 6.08 Å². The van der Waals surface area contributed by atoms with E-state index in [0.29, 0.717) is 36.9 Å². The number of carbonyl (C=O) groups is 1. The molecule has 1 aromatic heterocycles. The van der Waals surface area contributed by atoms with Crippen molar-refractivity contribution in [3.8, 4) is 5.75 Å². The molecule has 0 unspecified atom stereocenters. The largest absolute Gasteiger partial charge is 0.490 e. The molecular formula is C28H30ClN3O4S. The molecule has 37 heavy (non-hydrogen) atoms. The number of allylic oxidation sites excluding steroid dienone is 1. The average molecular weight is 540 g/mol. The van der Waals surface area contributed by atoms with Crippen LogP contribution in [0.4, 0.5) is 5.69 Å². The van der Waals surface area contributed by atoms with Crippen molar-refractivity contribution >= 4 is 40.7 Å². The number of hydrogen-bond donors (Lipinski definition) is 0. The highest BCUT2D eigenvalue weighted by molar-refractivity contribution is 7.07. The lowest BCUT2D eigenvalue weighted by molar-refractivity contribution is -0.139. The highest BCUT2D eigenvalue weighted by atomic mass is 35.5. The summed E-state index contributed by atoms with van der Waals surface area (Å²) in [5.41, 5.74) is 3.12. The van der Waals surface area contributed by atoms with Gasteiger partial charge < -0.3 is 14.4 Å². The van der Waals surface area contributed by atoms with Gasteiger partial charge >= 0.3 is 5.97 Å². The summed E-state index contributed by atoms with van der Waals surface area (Å²) < 4.78 is 13.3. The van der Waals surface area contributed by atoms with Crippen molar-refractivity contribution in [2.75, 3.05) is 25.6 Å². The van der Waals surface area contributed by atoms with Crippen molar-refractivity contribution in [3.05, 3.63) is 89.6 Å². The van der Waals surface area contributed by atoms with Gasteiger partial charge in [0.1, 0.15) is 5.75 Å². The fourth-order valence-electron chi connectivity index (χ4n) is 4.20. The van der Waals surface area contributed by atoms with E-state index in [4.69, 9.17) is 21.1 Å². The first-order valence-corrected chi connectivity index (χ1v) is 13.2. The molecule has 0 N–H and O–H groups in total. The lowest BCUT2D eigenvalue weighted by atomic mass is 9.95. The summed E-state index contributed by atoms with van der Waals surface area (Å²) in [7, 11) is 3.92. The molecular weight excluding hydrogens is 510 g/mol. The van der Waals surface area contributed by atoms with Gasteiger partial charge in [-0.15, -0.1) is 0 Å². The van der Waals surface area contributed by atoms with Crippen LogP contribution in [0.3, 0.4) is 0 Å². The van der Waals surface area contributed by atoms with E-state index < -0.39 is 12.0 Å². The average Bonchev–Trinajstić information content (AvgIpc) is 3.14. The number of carbonyl (C=O) groups excluding carboxylic acids is 1. The minimum absolute atomic E-state index is 0.0468. The Labute approximate surface area is 224 Å². The molecule has 4 rings (SSSR count). The molecule has 0 amide bonds. The Morgan fingerprint density at radius 2 is 1.92 bits per heavy atom. The number of fused-ring (bicyclic) bond motifs is 1. The molecule has 2 aromatic carbocycles. The number of nitrogens with zero attached hydrogens (tertiary/aromatic N) is 3. The van der Waals surface area contributed by atoms with Crippen LogP contribution in [0, 0.1) is 0 Å². The number of halogens is 1. The molecule has 0 spiro atoms. The maximum atomic E-state index is 13.9. The van der Waals surface area contributed by atoms with Gasteiger partial charge in [0.15, 0.2) is 4.80 Å².